The molecule has 2 aliphatic rings. The number of carbonyl (C=O) groups is 1. The van der Waals surface area contributed by atoms with Crippen molar-refractivity contribution in [2.45, 2.75) is 46.6 Å². The normalized spacial score (nSPS) is 24.0. The average molecular weight is 426 g/mol. The van der Waals surface area contributed by atoms with E-state index in [1.807, 2.05) is 0 Å². The Hall–Kier alpha value is -1.38. The standard InChI is InChI=1S/C22H43N5O3/c1-6-23-21(25-16-18-8-7-14-30-20(18)22(2,3)4)27-12-10-26(11-13-27)17-19(28)24-9-15-29-5/h18,20H,6-17H2,1-5H3,(H,23,25)(H,24,28). The molecule has 2 fully saturated rings. The van der Waals surface area contributed by atoms with Crippen molar-refractivity contribution in [1.29, 1.82) is 0 Å². The number of amides is 1. The largest absolute Gasteiger partial charge is 0.383 e. The second-order valence-corrected chi connectivity index (χ2v) is 9.36. The Morgan fingerprint density at radius 1 is 1.20 bits per heavy atom. The fraction of sp³-hybridized carbons (Fsp3) is 0.909. The summed E-state index contributed by atoms with van der Waals surface area (Å²) in [7, 11) is 1.64. The summed E-state index contributed by atoms with van der Waals surface area (Å²) in [5.74, 6) is 1.51. The van der Waals surface area contributed by atoms with E-state index < -0.39 is 0 Å². The van der Waals surface area contributed by atoms with Gasteiger partial charge in [-0.3, -0.25) is 14.7 Å². The van der Waals surface area contributed by atoms with E-state index in [2.05, 4.69) is 48.1 Å². The van der Waals surface area contributed by atoms with Gasteiger partial charge in [0.15, 0.2) is 5.96 Å². The molecule has 0 bridgehead atoms. The van der Waals surface area contributed by atoms with Crippen LogP contribution in [0.2, 0.25) is 0 Å². The quantitative estimate of drug-likeness (QED) is 0.345. The zero-order valence-corrected chi connectivity index (χ0v) is 19.7. The molecule has 0 aromatic heterocycles. The number of nitrogens with one attached hydrogen (secondary N) is 2. The predicted molar refractivity (Wildman–Crippen MR) is 121 cm³/mol. The topological polar surface area (TPSA) is 78.4 Å². The van der Waals surface area contributed by atoms with Crippen molar-refractivity contribution in [1.82, 2.24) is 20.4 Å². The molecule has 2 atom stereocenters. The van der Waals surface area contributed by atoms with Crippen LogP contribution in [0.3, 0.4) is 0 Å². The van der Waals surface area contributed by atoms with E-state index in [-0.39, 0.29) is 17.4 Å². The fourth-order valence-electron chi connectivity index (χ4n) is 4.29. The van der Waals surface area contributed by atoms with Gasteiger partial charge < -0.3 is 25.0 Å². The number of hydrogen-bond acceptors (Lipinski definition) is 5. The van der Waals surface area contributed by atoms with Crippen molar-refractivity contribution in [3.8, 4) is 0 Å². The van der Waals surface area contributed by atoms with Gasteiger partial charge >= 0.3 is 0 Å². The minimum Gasteiger partial charge on any atom is -0.383 e. The van der Waals surface area contributed by atoms with E-state index in [4.69, 9.17) is 14.5 Å². The van der Waals surface area contributed by atoms with Crippen molar-refractivity contribution in [3.63, 3.8) is 0 Å². The smallest absolute Gasteiger partial charge is 0.234 e. The summed E-state index contributed by atoms with van der Waals surface area (Å²) in [4.78, 5) is 21.5. The lowest BCUT2D eigenvalue weighted by molar-refractivity contribution is -0.122. The van der Waals surface area contributed by atoms with Crippen LogP contribution in [0.4, 0.5) is 0 Å². The van der Waals surface area contributed by atoms with Gasteiger partial charge in [-0.1, -0.05) is 20.8 Å². The van der Waals surface area contributed by atoms with Crippen molar-refractivity contribution in [2.75, 3.05) is 72.7 Å². The van der Waals surface area contributed by atoms with Crippen LogP contribution >= 0.6 is 0 Å². The van der Waals surface area contributed by atoms with Gasteiger partial charge in [-0.15, -0.1) is 0 Å². The van der Waals surface area contributed by atoms with Crippen LogP contribution in [0, 0.1) is 11.3 Å². The molecule has 0 aromatic rings. The Balaban J connectivity index is 1.87. The molecule has 8 heteroatoms. The van der Waals surface area contributed by atoms with E-state index in [9.17, 15) is 4.79 Å². The number of carbonyl (C=O) groups excluding carboxylic acids is 1. The van der Waals surface area contributed by atoms with Crippen LogP contribution in [0.5, 0.6) is 0 Å². The van der Waals surface area contributed by atoms with Gasteiger partial charge in [-0.05, 0) is 25.2 Å². The van der Waals surface area contributed by atoms with Gasteiger partial charge in [-0.2, -0.15) is 0 Å². The molecule has 0 spiro atoms. The third-order valence-corrected chi connectivity index (χ3v) is 5.78. The van der Waals surface area contributed by atoms with Crippen LogP contribution in [-0.4, -0.2) is 100 Å². The first-order valence-corrected chi connectivity index (χ1v) is 11.5. The lowest BCUT2D eigenvalue weighted by Gasteiger charge is -2.40. The fourth-order valence-corrected chi connectivity index (χ4v) is 4.29. The molecule has 174 valence electrons. The molecule has 0 radical (unpaired) electrons. The average Bonchev–Trinajstić information content (AvgIpc) is 2.71. The van der Waals surface area contributed by atoms with Crippen LogP contribution in [-0.2, 0) is 14.3 Å². The van der Waals surface area contributed by atoms with Crippen molar-refractivity contribution < 1.29 is 14.3 Å². The van der Waals surface area contributed by atoms with Crippen molar-refractivity contribution in [2.24, 2.45) is 16.3 Å². The van der Waals surface area contributed by atoms with Crippen LogP contribution < -0.4 is 10.6 Å². The highest BCUT2D eigenvalue weighted by atomic mass is 16.5. The highest BCUT2D eigenvalue weighted by Crippen LogP contribution is 2.34. The zero-order chi connectivity index (χ0) is 22.0. The second kappa shape index (κ2) is 12.5. The maximum atomic E-state index is 12.0. The highest BCUT2D eigenvalue weighted by Gasteiger charge is 2.35. The van der Waals surface area contributed by atoms with E-state index in [1.165, 1.54) is 6.42 Å². The molecule has 2 saturated heterocycles. The Morgan fingerprint density at radius 3 is 2.57 bits per heavy atom. The number of piperazine rings is 1. The summed E-state index contributed by atoms with van der Waals surface area (Å²) in [6, 6.07) is 0. The lowest BCUT2D eigenvalue weighted by Crippen LogP contribution is -2.54. The summed E-state index contributed by atoms with van der Waals surface area (Å²) in [6.45, 7) is 16.4. The van der Waals surface area contributed by atoms with E-state index in [0.29, 0.717) is 25.6 Å². The molecule has 2 heterocycles. The maximum absolute atomic E-state index is 12.0. The van der Waals surface area contributed by atoms with E-state index >= 15 is 0 Å². The third kappa shape index (κ3) is 8.04. The van der Waals surface area contributed by atoms with Gasteiger partial charge in [0, 0.05) is 65.4 Å². The SMILES string of the molecule is CCNC(=NCC1CCCOC1C(C)(C)C)N1CCN(CC(=O)NCCOC)CC1. The number of hydrogen-bond donors (Lipinski definition) is 2. The third-order valence-electron chi connectivity index (χ3n) is 5.78. The summed E-state index contributed by atoms with van der Waals surface area (Å²) < 4.78 is 11.1. The number of methoxy groups -OCH3 is 1. The summed E-state index contributed by atoms with van der Waals surface area (Å²) in [5, 5.41) is 6.35. The first-order chi connectivity index (χ1) is 14.3. The molecule has 0 saturated carbocycles. The molecule has 8 nitrogen and oxygen atoms in total. The lowest BCUT2D eigenvalue weighted by atomic mass is 9.78. The molecule has 2 N–H and O–H groups in total. The second-order valence-electron chi connectivity index (χ2n) is 9.36. The van der Waals surface area contributed by atoms with Gasteiger partial charge in [-0.25, -0.2) is 0 Å². The monoisotopic (exact) mass is 425 g/mol. The Bertz CT molecular complexity index is 541. The van der Waals surface area contributed by atoms with E-state index in [1.54, 1.807) is 7.11 Å². The summed E-state index contributed by atoms with van der Waals surface area (Å²) in [5.41, 5.74) is 0.133. The highest BCUT2D eigenvalue weighted by molar-refractivity contribution is 5.80. The minimum atomic E-state index is 0.0617. The summed E-state index contributed by atoms with van der Waals surface area (Å²) >= 11 is 0. The summed E-state index contributed by atoms with van der Waals surface area (Å²) in [6.07, 6.45) is 2.55. The number of aliphatic imine (C=N–C) groups is 1. The Morgan fingerprint density at radius 2 is 1.93 bits per heavy atom. The number of ether oxygens (including phenoxy) is 2. The van der Waals surface area contributed by atoms with Gasteiger partial charge in [0.2, 0.25) is 5.91 Å². The van der Waals surface area contributed by atoms with Gasteiger partial charge in [0.1, 0.15) is 0 Å². The molecular weight excluding hydrogens is 382 g/mol. The molecule has 2 aliphatic heterocycles. The number of guanidine groups is 1. The Kier molecular flexibility index (Phi) is 10.3. The van der Waals surface area contributed by atoms with Gasteiger partial charge in [0.25, 0.3) is 0 Å². The van der Waals surface area contributed by atoms with Crippen molar-refractivity contribution in [3.05, 3.63) is 0 Å². The van der Waals surface area contributed by atoms with Crippen molar-refractivity contribution >= 4 is 11.9 Å². The molecular formula is C22H43N5O3. The molecule has 0 aliphatic carbocycles. The first kappa shape index (κ1) is 24.9. The van der Waals surface area contributed by atoms with Crippen LogP contribution in [0.1, 0.15) is 40.5 Å². The molecule has 30 heavy (non-hydrogen) atoms. The number of rotatable bonds is 8. The Labute approximate surface area is 182 Å². The minimum absolute atomic E-state index is 0.0617. The first-order valence-electron chi connectivity index (χ1n) is 11.5. The van der Waals surface area contributed by atoms with Crippen LogP contribution in [0.25, 0.3) is 0 Å². The van der Waals surface area contributed by atoms with Gasteiger partial charge in [0.05, 0.1) is 19.3 Å². The van der Waals surface area contributed by atoms with Crippen LogP contribution in [0.15, 0.2) is 4.99 Å². The molecule has 2 unspecified atom stereocenters. The predicted octanol–water partition coefficient (Wildman–Crippen LogP) is 1.17. The molecule has 1 amide bonds. The molecule has 2 rings (SSSR count). The zero-order valence-electron chi connectivity index (χ0n) is 19.7. The maximum Gasteiger partial charge on any atom is 0.234 e. The van der Waals surface area contributed by atoms with E-state index in [0.717, 1.165) is 58.3 Å². The molecule has 0 aromatic carbocycles. The number of nitrogens with zero attached hydrogens (tertiary/aromatic N) is 3.